The molecule has 2 unspecified atom stereocenters. The second-order valence-corrected chi connectivity index (χ2v) is 12.2. The average molecular weight is 659 g/mol. The summed E-state index contributed by atoms with van der Waals surface area (Å²) >= 11 is 0. The first kappa shape index (κ1) is 32.1. The second kappa shape index (κ2) is 13.6. The van der Waals surface area contributed by atoms with Crippen LogP contribution in [-0.2, 0) is 28.5 Å². The molecule has 2 aromatic carbocycles. The Kier molecular flexibility index (Phi) is 8.73. The van der Waals surface area contributed by atoms with Crippen molar-refractivity contribution in [1.29, 1.82) is 5.26 Å². The fourth-order valence-corrected chi connectivity index (χ4v) is 6.78. The highest BCUT2D eigenvalue weighted by Crippen LogP contribution is 2.42. The van der Waals surface area contributed by atoms with Gasteiger partial charge in [-0.1, -0.05) is 97.1 Å². The number of amides is 1. The number of aromatic amines is 2. The number of hydrogen-bond donors (Lipinski definition) is 2. The molecule has 10 heteroatoms. The monoisotopic (exact) mass is 658 g/mol. The summed E-state index contributed by atoms with van der Waals surface area (Å²) in [7, 11) is 3.02. The van der Waals surface area contributed by atoms with Crippen LogP contribution in [0.4, 0.5) is 0 Å². The van der Waals surface area contributed by atoms with Crippen molar-refractivity contribution in [2.45, 2.75) is 23.7 Å². The number of benzene rings is 2. The van der Waals surface area contributed by atoms with E-state index in [2.05, 4.69) is 72.8 Å². The van der Waals surface area contributed by atoms with Crippen LogP contribution in [0.25, 0.3) is 12.2 Å². The second-order valence-electron chi connectivity index (χ2n) is 12.2. The fourth-order valence-electron chi connectivity index (χ4n) is 6.78. The highest BCUT2D eigenvalue weighted by Gasteiger charge is 2.39. The number of aromatic nitrogens is 6. The Bertz CT molecular complexity index is 2120. The molecule has 0 aliphatic heterocycles. The van der Waals surface area contributed by atoms with Crippen molar-refractivity contribution < 1.29 is 9.63 Å². The van der Waals surface area contributed by atoms with Crippen LogP contribution < -0.4 is 0 Å². The van der Waals surface area contributed by atoms with E-state index in [0.29, 0.717) is 24.2 Å². The van der Waals surface area contributed by atoms with E-state index in [-0.39, 0.29) is 11.3 Å². The summed E-state index contributed by atoms with van der Waals surface area (Å²) in [6.45, 7) is 0. The van der Waals surface area contributed by atoms with Gasteiger partial charge in [0.1, 0.15) is 6.07 Å². The number of nitrogens with one attached hydrogen (secondary N) is 2. The number of nitrogens with zero attached hydrogens (tertiary/aromatic N) is 6. The lowest BCUT2D eigenvalue weighted by Gasteiger charge is -2.33. The van der Waals surface area contributed by atoms with Crippen molar-refractivity contribution in [3.8, 4) is 6.07 Å². The zero-order chi connectivity index (χ0) is 34.6. The Morgan fingerprint density at radius 3 is 1.74 bits per heavy atom. The van der Waals surface area contributed by atoms with Gasteiger partial charge >= 0.3 is 0 Å². The molecule has 0 spiro atoms. The van der Waals surface area contributed by atoms with Crippen LogP contribution in [0.2, 0.25) is 0 Å². The molecule has 2 aliphatic rings. The van der Waals surface area contributed by atoms with Gasteiger partial charge in [-0.05, 0) is 35.4 Å². The van der Waals surface area contributed by atoms with Gasteiger partial charge in [-0.3, -0.25) is 29.8 Å². The molecule has 0 bridgehead atoms. The summed E-state index contributed by atoms with van der Waals surface area (Å²) in [4.78, 5) is 26.7. The maximum absolute atomic E-state index is 12.5. The predicted octanol–water partition coefficient (Wildman–Crippen LogP) is 6.23. The first-order valence-corrected chi connectivity index (χ1v) is 16.2. The molecule has 4 aromatic heterocycles. The molecule has 2 atom stereocenters. The lowest BCUT2D eigenvalue weighted by Crippen LogP contribution is -2.32. The van der Waals surface area contributed by atoms with Gasteiger partial charge in [0, 0.05) is 54.8 Å². The molecule has 1 amide bonds. The summed E-state index contributed by atoms with van der Waals surface area (Å²) in [6.07, 6.45) is 13.2. The standard InChI is InChI=1S/C21H20N4O2.C19H14N4/c1-25(27-2)20(26)19-16-11-12-21(14-17(16)23-24-19,15-8-4-3-5-9-15)18-10-6-7-13-22-18;20-13-17-15-9-10-19(12-16(15)22-23-17,14-6-2-1-3-7-14)18-8-4-5-11-21-18/h3-13H,14H2,1-2H3,(H,23,24);1-11H,12H2,(H,22,23). The average Bonchev–Trinajstić information content (AvgIpc) is 3.82. The smallest absolute Gasteiger partial charge is 0.281 e. The molecule has 10 nitrogen and oxygen atoms in total. The minimum Gasteiger partial charge on any atom is -0.281 e. The van der Waals surface area contributed by atoms with Crippen molar-refractivity contribution in [2.75, 3.05) is 14.2 Å². The molecule has 6 aromatic rings. The lowest BCUT2D eigenvalue weighted by molar-refractivity contribution is -0.0760. The topological polar surface area (TPSA) is 136 Å². The zero-order valence-corrected chi connectivity index (χ0v) is 27.6. The van der Waals surface area contributed by atoms with Gasteiger partial charge in [-0.15, -0.1) is 0 Å². The highest BCUT2D eigenvalue weighted by atomic mass is 16.7. The Morgan fingerprint density at radius 1 is 0.740 bits per heavy atom. The number of fused-ring (bicyclic) bond motifs is 2. The Balaban J connectivity index is 0.000000159. The van der Waals surface area contributed by atoms with Crippen molar-refractivity contribution in [1.82, 2.24) is 35.4 Å². The van der Waals surface area contributed by atoms with E-state index in [9.17, 15) is 4.79 Å². The molecular formula is C40H34N8O2. The summed E-state index contributed by atoms with van der Waals surface area (Å²) < 4.78 is 0. The van der Waals surface area contributed by atoms with Gasteiger partial charge in [0.05, 0.1) is 29.3 Å². The summed E-state index contributed by atoms with van der Waals surface area (Å²) in [5.74, 6) is -0.287. The van der Waals surface area contributed by atoms with E-state index in [0.717, 1.165) is 39.5 Å². The molecule has 2 N–H and O–H groups in total. The maximum atomic E-state index is 12.5. The maximum Gasteiger partial charge on any atom is 0.298 e. The molecular weight excluding hydrogens is 624 g/mol. The van der Waals surface area contributed by atoms with E-state index in [1.807, 2.05) is 91.1 Å². The molecule has 4 heterocycles. The molecule has 8 rings (SSSR count). The van der Waals surface area contributed by atoms with Gasteiger partial charge in [-0.25, -0.2) is 5.06 Å². The number of carbonyl (C=O) groups excluding carboxylic acids is 1. The Labute approximate surface area is 289 Å². The Morgan fingerprint density at radius 2 is 1.24 bits per heavy atom. The number of H-pyrrole nitrogens is 2. The predicted molar refractivity (Wildman–Crippen MR) is 189 cm³/mol. The van der Waals surface area contributed by atoms with E-state index < -0.39 is 5.41 Å². The third-order valence-electron chi connectivity index (χ3n) is 9.44. The van der Waals surface area contributed by atoms with Crippen molar-refractivity contribution >= 4 is 18.1 Å². The van der Waals surface area contributed by atoms with Crippen LogP contribution in [0.3, 0.4) is 0 Å². The van der Waals surface area contributed by atoms with Gasteiger partial charge in [0.2, 0.25) is 0 Å². The van der Waals surface area contributed by atoms with E-state index in [4.69, 9.17) is 10.1 Å². The quantitative estimate of drug-likeness (QED) is 0.203. The molecule has 2 aliphatic carbocycles. The molecule has 0 fully saturated rings. The van der Waals surface area contributed by atoms with Crippen LogP contribution in [0.5, 0.6) is 0 Å². The normalized spacial score (nSPS) is 18.6. The number of nitriles is 1. The summed E-state index contributed by atoms with van der Waals surface area (Å²) in [5.41, 5.74) is 7.84. The van der Waals surface area contributed by atoms with Gasteiger partial charge in [-0.2, -0.15) is 15.5 Å². The first-order chi connectivity index (χ1) is 24.5. The van der Waals surface area contributed by atoms with Gasteiger partial charge < -0.3 is 0 Å². The number of hydroxylamine groups is 2. The van der Waals surface area contributed by atoms with Crippen LogP contribution in [0, 0.1) is 11.3 Å². The number of allylic oxidation sites excluding steroid dienone is 2. The number of rotatable bonds is 6. The molecule has 50 heavy (non-hydrogen) atoms. The van der Waals surface area contributed by atoms with Crippen LogP contribution in [0.15, 0.2) is 122 Å². The van der Waals surface area contributed by atoms with Gasteiger partial charge in [0.25, 0.3) is 5.91 Å². The largest absolute Gasteiger partial charge is 0.298 e. The molecule has 0 saturated heterocycles. The van der Waals surface area contributed by atoms with Gasteiger partial charge in [0.15, 0.2) is 11.4 Å². The third kappa shape index (κ3) is 5.70. The van der Waals surface area contributed by atoms with E-state index in [1.165, 1.54) is 17.7 Å². The first-order valence-electron chi connectivity index (χ1n) is 16.2. The zero-order valence-electron chi connectivity index (χ0n) is 27.6. The fraction of sp³-hybridized carbons (Fsp3) is 0.150. The number of pyridine rings is 2. The molecule has 246 valence electrons. The van der Waals surface area contributed by atoms with Crippen molar-refractivity contribution in [2.24, 2.45) is 0 Å². The lowest BCUT2D eigenvalue weighted by atomic mass is 9.70. The van der Waals surface area contributed by atoms with Crippen LogP contribution in [-0.4, -0.2) is 55.5 Å². The van der Waals surface area contributed by atoms with Crippen molar-refractivity contribution in [3.05, 3.63) is 178 Å². The number of carbonyl (C=O) groups is 1. The minimum absolute atomic E-state index is 0.287. The number of hydrogen-bond acceptors (Lipinski definition) is 7. The summed E-state index contributed by atoms with van der Waals surface area (Å²) in [6, 6.07) is 34.6. The van der Waals surface area contributed by atoms with E-state index >= 15 is 0 Å². The van der Waals surface area contributed by atoms with Crippen molar-refractivity contribution in [3.63, 3.8) is 0 Å². The third-order valence-corrected chi connectivity index (χ3v) is 9.44. The van der Waals surface area contributed by atoms with Crippen LogP contribution >= 0.6 is 0 Å². The SMILES string of the molecule is CON(C)C(=O)c1n[nH]c2c1C=CC(c1ccccc1)(c1ccccn1)C2.N#Cc1n[nH]c2c1C=CC(c1ccccc1)(c1ccccn1)C2. The van der Waals surface area contributed by atoms with Crippen LogP contribution in [0.1, 0.15) is 61.2 Å². The molecule has 0 radical (unpaired) electrons. The Hall–Kier alpha value is -6.44. The molecule has 0 saturated carbocycles. The summed E-state index contributed by atoms with van der Waals surface area (Å²) in [5, 5.41) is 24.8. The van der Waals surface area contributed by atoms with E-state index in [1.54, 1.807) is 13.2 Å². The minimum atomic E-state index is -0.421. The highest BCUT2D eigenvalue weighted by molar-refractivity contribution is 5.96.